The molecule has 1 heterocycles. The molecule has 0 aliphatic carbocycles. The molecule has 2 amide bonds. The van der Waals surface area contributed by atoms with E-state index >= 15 is 0 Å². The molecule has 0 saturated carbocycles. The molecule has 1 aliphatic rings. The maximum absolute atomic E-state index is 10.8. The van der Waals surface area contributed by atoms with Gasteiger partial charge >= 0.3 is 11.8 Å². The Balaban J connectivity index is 2.47. The summed E-state index contributed by atoms with van der Waals surface area (Å²) in [4.78, 5) is 25.6. The van der Waals surface area contributed by atoms with Crippen LogP contribution in [0.1, 0.15) is 26.7 Å². The summed E-state index contributed by atoms with van der Waals surface area (Å²) >= 11 is 0. The predicted octanol–water partition coefficient (Wildman–Crippen LogP) is -0.614. The largest absolute Gasteiger partial charge is 0.391 e. The summed E-state index contributed by atoms with van der Waals surface area (Å²) in [5.74, 6) is -1.11. The van der Waals surface area contributed by atoms with Crippen LogP contribution in [-0.4, -0.2) is 35.5 Å². The van der Waals surface area contributed by atoms with E-state index in [0.29, 0.717) is 0 Å². The Kier molecular flexibility index (Phi) is 4.42. The maximum atomic E-state index is 10.8. The van der Waals surface area contributed by atoms with Crippen LogP contribution in [0.15, 0.2) is 4.99 Å². The molecule has 16 heavy (non-hydrogen) atoms. The van der Waals surface area contributed by atoms with E-state index in [1.807, 2.05) is 13.8 Å². The Hall–Kier alpha value is -1.43. The molecule has 1 unspecified atom stereocenters. The van der Waals surface area contributed by atoms with Crippen molar-refractivity contribution in [1.29, 1.82) is 0 Å². The van der Waals surface area contributed by atoms with Gasteiger partial charge in [0.2, 0.25) is 5.96 Å². The third-order valence-electron chi connectivity index (χ3n) is 2.70. The first-order valence-electron chi connectivity index (χ1n) is 5.43. The molecule has 6 heteroatoms. The number of nitrogens with one attached hydrogen (secondary N) is 2. The number of amides is 2. The van der Waals surface area contributed by atoms with Crippen LogP contribution in [0.4, 0.5) is 0 Å². The number of carbonyl (C=O) groups excluding carboxylic acids is 2. The summed E-state index contributed by atoms with van der Waals surface area (Å²) in [6.07, 6.45) is 1.21. The molecule has 1 rings (SSSR count). The third kappa shape index (κ3) is 3.03. The van der Waals surface area contributed by atoms with Gasteiger partial charge in [0, 0.05) is 0 Å². The number of hydrogen-bond donors (Lipinski definition) is 3. The van der Waals surface area contributed by atoms with Gasteiger partial charge in [-0.05, 0) is 5.92 Å². The summed E-state index contributed by atoms with van der Waals surface area (Å²) in [6.45, 7) is 4.19. The molecule has 0 aromatic heterocycles. The van der Waals surface area contributed by atoms with E-state index < -0.39 is 17.9 Å². The van der Waals surface area contributed by atoms with Gasteiger partial charge in [0.15, 0.2) is 0 Å². The second-order valence-corrected chi connectivity index (χ2v) is 3.74. The van der Waals surface area contributed by atoms with Gasteiger partial charge in [-0.2, -0.15) is 0 Å². The molecule has 1 atom stereocenters. The fraction of sp³-hybridized carbons (Fsp3) is 0.700. The normalized spacial score (nSPS) is 17.4. The van der Waals surface area contributed by atoms with Gasteiger partial charge in [-0.3, -0.25) is 20.2 Å². The van der Waals surface area contributed by atoms with Crippen molar-refractivity contribution in [2.45, 2.75) is 32.8 Å². The van der Waals surface area contributed by atoms with Crippen molar-refractivity contribution in [1.82, 2.24) is 10.6 Å². The Morgan fingerprint density at radius 3 is 2.12 bits per heavy atom. The Bertz CT molecular complexity index is 292. The third-order valence-corrected chi connectivity index (χ3v) is 2.70. The van der Waals surface area contributed by atoms with Gasteiger partial charge in [0.1, 0.15) is 0 Å². The molecule has 3 N–H and O–H groups in total. The summed E-state index contributed by atoms with van der Waals surface area (Å²) < 4.78 is 0. The first-order valence-corrected chi connectivity index (χ1v) is 5.43. The van der Waals surface area contributed by atoms with E-state index in [1.165, 1.54) is 0 Å². The molecule has 0 bridgehead atoms. The highest BCUT2D eigenvalue weighted by molar-refractivity contribution is 6.45. The lowest BCUT2D eigenvalue weighted by atomic mass is 9.97. The van der Waals surface area contributed by atoms with Crippen LogP contribution >= 0.6 is 0 Å². The zero-order valence-corrected chi connectivity index (χ0v) is 9.49. The molecular weight excluding hydrogens is 210 g/mol. The van der Waals surface area contributed by atoms with E-state index in [2.05, 4.69) is 15.6 Å². The van der Waals surface area contributed by atoms with Crippen LogP contribution in [0.5, 0.6) is 0 Å². The Labute approximate surface area is 94.1 Å². The molecule has 1 saturated heterocycles. The molecule has 0 radical (unpaired) electrons. The quantitative estimate of drug-likeness (QED) is 0.547. The highest BCUT2D eigenvalue weighted by atomic mass is 16.3. The van der Waals surface area contributed by atoms with Crippen LogP contribution < -0.4 is 10.6 Å². The van der Waals surface area contributed by atoms with Gasteiger partial charge in [0.25, 0.3) is 0 Å². The standard InChI is InChI=1S/C10H17N3O3/c1-3-6(4-2)7(14)5-11-10-12-8(15)9(16)13-10/h6-7,14H,3-5H2,1-2H3,(H2,11,12,13,15,16). The average Bonchev–Trinajstić information content (AvgIpc) is 2.57. The van der Waals surface area contributed by atoms with Gasteiger partial charge in [0.05, 0.1) is 12.6 Å². The number of rotatable bonds is 5. The summed E-state index contributed by atoms with van der Waals surface area (Å²) in [5, 5.41) is 14.3. The van der Waals surface area contributed by atoms with Crippen molar-refractivity contribution < 1.29 is 14.7 Å². The van der Waals surface area contributed by atoms with Crippen LogP contribution in [0, 0.1) is 5.92 Å². The highest BCUT2D eigenvalue weighted by Gasteiger charge is 2.25. The first kappa shape index (κ1) is 12.6. The number of guanidine groups is 1. The number of aliphatic imine (C=N–C) groups is 1. The van der Waals surface area contributed by atoms with E-state index in [0.717, 1.165) is 12.8 Å². The molecule has 1 aliphatic heterocycles. The zero-order chi connectivity index (χ0) is 12.1. The topological polar surface area (TPSA) is 90.8 Å². The minimum Gasteiger partial charge on any atom is -0.391 e. The molecule has 1 fully saturated rings. The minimum absolute atomic E-state index is 0.125. The van der Waals surface area contributed by atoms with Gasteiger partial charge in [-0.15, -0.1) is 0 Å². The molecule has 90 valence electrons. The first-order chi connectivity index (χ1) is 7.58. The van der Waals surface area contributed by atoms with Crippen LogP contribution in [0.25, 0.3) is 0 Å². The fourth-order valence-corrected chi connectivity index (χ4v) is 1.61. The van der Waals surface area contributed by atoms with Crippen molar-refractivity contribution in [3.63, 3.8) is 0 Å². The van der Waals surface area contributed by atoms with E-state index in [-0.39, 0.29) is 18.4 Å². The molecule has 0 spiro atoms. The van der Waals surface area contributed by atoms with Crippen molar-refractivity contribution in [2.75, 3.05) is 6.54 Å². The second-order valence-electron chi connectivity index (χ2n) is 3.74. The lowest BCUT2D eigenvalue weighted by Gasteiger charge is -2.17. The van der Waals surface area contributed by atoms with Crippen molar-refractivity contribution in [3.8, 4) is 0 Å². The molecular formula is C10H17N3O3. The molecule has 6 nitrogen and oxygen atoms in total. The van der Waals surface area contributed by atoms with E-state index in [4.69, 9.17) is 0 Å². The predicted molar refractivity (Wildman–Crippen MR) is 58.7 cm³/mol. The van der Waals surface area contributed by atoms with Crippen molar-refractivity contribution >= 4 is 17.8 Å². The van der Waals surface area contributed by atoms with Crippen LogP contribution in [0.2, 0.25) is 0 Å². The summed E-state index contributed by atoms with van der Waals surface area (Å²) in [6, 6.07) is 0. The Morgan fingerprint density at radius 2 is 1.69 bits per heavy atom. The lowest BCUT2D eigenvalue weighted by Crippen LogP contribution is -2.29. The van der Waals surface area contributed by atoms with Gasteiger partial charge in [-0.25, -0.2) is 4.99 Å². The highest BCUT2D eigenvalue weighted by Crippen LogP contribution is 2.13. The fourth-order valence-electron chi connectivity index (χ4n) is 1.61. The number of aliphatic hydroxyl groups excluding tert-OH is 1. The monoisotopic (exact) mass is 227 g/mol. The zero-order valence-electron chi connectivity index (χ0n) is 9.49. The number of nitrogens with zero attached hydrogens (tertiary/aromatic N) is 1. The number of carbonyl (C=O) groups is 2. The smallest absolute Gasteiger partial charge is 0.316 e. The van der Waals surface area contributed by atoms with E-state index in [1.54, 1.807) is 0 Å². The SMILES string of the molecule is CCC(CC)C(O)CN=C1NC(=O)C(=O)N1. The minimum atomic E-state index is -0.712. The number of aliphatic hydroxyl groups is 1. The Morgan fingerprint density at radius 1 is 1.19 bits per heavy atom. The van der Waals surface area contributed by atoms with Crippen molar-refractivity contribution in [2.24, 2.45) is 10.9 Å². The average molecular weight is 227 g/mol. The van der Waals surface area contributed by atoms with Crippen molar-refractivity contribution in [3.05, 3.63) is 0 Å². The van der Waals surface area contributed by atoms with Gasteiger partial charge < -0.3 is 5.11 Å². The lowest BCUT2D eigenvalue weighted by molar-refractivity contribution is -0.135. The molecule has 0 aromatic carbocycles. The van der Waals surface area contributed by atoms with Crippen LogP contribution in [0.3, 0.4) is 0 Å². The maximum Gasteiger partial charge on any atom is 0.316 e. The van der Waals surface area contributed by atoms with Gasteiger partial charge in [-0.1, -0.05) is 26.7 Å². The second kappa shape index (κ2) is 5.60. The number of hydrogen-bond acceptors (Lipinski definition) is 4. The van der Waals surface area contributed by atoms with E-state index in [9.17, 15) is 14.7 Å². The molecule has 0 aromatic rings. The summed E-state index contributed by atoms with van der Waals surface area (Å²) in [7, 11) is 0. The van der Waals surface area contributed by atoms with Crippen LogP contribution in [-0.2, 0) is 9.59 Å². The summed E-state index contributed by atoms with van der Waals surface area (Å²) in [5.41, 5.74) is 0.